The summed E-state index contributed by atoms with van der Waals surface area (Å²) in [5.41, 5.74) is 2.37. The molecule has 0 aliphatic heterocycles. The van der Waals surface area contributed by atoms with Crippen LogP contribution in [0.1, 0.15) is 17.7 Å². The molecule has 0 saturated carbocycles. The Morgan fingerprint density at radius 3 is 2.74 bits per heavy atom. The number of aryl methyl sites for hydroxylation is 1. The highest BCUT2D eigenvalue weighted by Crippen LogP contribution is 2.24. The number of nitrogens with zero attached hydrogens (tertiary/aromatic N) is 2. The molecule has 2 aromatic rings. The van der Waals surface area contributed by atoms with Crippen LogP contribution in [0.25, 0.3) is 11.8 Å². The highest BCUT2D eigenvalue weighted by molar-refractivity contribution is 6.31. The van der Waals surface area contributed by atoms with Gasteiger partial charge in [-0.1, -0.05) is 42.0 Å². The molecule has 1 N–H and O–H groups in total. The van der Waals surface area contributed by atoms with E-state index in [-0.39, 0.29) is 6.42 Å². The van der Waals surface area contributed by atoms with Crippen molar-refractivity contribution in [3.05, 3.63) is 52.8 Å². The van der Waals surface area contributed by atoms with E-state index in [2.05, 4.69) is 5.10 Å². The molecule has 1 heterocycles. The van der Waals surface area contributed by atoms with Gasteiger partial charge in [0.1, 0.15) is 5.15 Å². The number of carbonyl (C=O) groups is 1. The maximum Gasteiger partial charge on any atom is 0.307 e. The largest absolute Gasteiger partial charge is 0.481 e. The number of aromatic nitrogens is 2. The van der Waals surface area contributed by atoms with Crippen molar-refractivity contribution in [2.75, 3.05) is 0 Å². The number of aliphatic carboxylic acids is 1. The van der Waals surface area contributed by atoms with Crippen LogP contribution in [0.15, 0.2) is 36.4 Å². The molecule has 4 nitrogen and oxygen atoms in total. The van der Waals surface area contributed by atoms with Crippen LogP contribution in [0.5, 0.6) is 0 Å². The second kappa shape index (κ2) is 5.71. The number of carboxylic acids is 1. The van der Waals surface area contributed by atoms with Crippen LogP contribution in [-0.2, 0) is 4.79 Å². The van der Waals surface area contributed by atoms with Crippen molar-refractivity contribution < 1.29 is 9.90 Å². The summed E-state index contributed by atoms with van der Waals surface area (Å²) in [7, 11) is 0. The molecule has 0 aliphatic rings. The second-order valence-corrected chi connectivity index (χ2v) is 4.40. The van der Waals surface area contributed by atoms with Gasteiger partial charge in [0.05, 0.1) is 17.8 Å². The molecular weight excluding hydrogens is 264 g/mol. The topological polar surface area (TPSA) is 55.1 Å². The Labute approximate surface area is 115 Å². The van der Waals surface area contributed by atoms with Crippen molar-refractivity contribution in [3.63, 3.8) is 0 Å². The van der Waals surface area contributed by atoms with Crippen molar-refractivity contribution in [1.82, 2.24) is 9.78 Å². The van der Waals surface area contributed by atoms with Gasteiger partial charge in [-0.05, 0) is 19.1 Å². The number of hydrogen-bond donors (Lipinski definition) is 1. The Kier molecular flexibility index (Phi) is 4.02. The summed E-state index contributed by atoms with van der Waals surface area (Å²) in [5.74, 6) is -0.875. The van der Waals surface area contributed by atoms with E-state index in [1.54, 1.807) is 16.8 Å². The zero-order valence-corrected chi connectivity index (χ0v) is 11.1. The van der Waals surface area contributed by atoms with Gasteiger partial charge in [-0.25, -0.2) is 4.68 Å². The first-order valence-corrected chi connectivity index (χ1v) is 6.16. The van der Waals surface area contributed by atoms with Crippen LogP contribution < -0.4 is 0 Å². The predicted molar refractivity (Wildman–Crippen MR) is 74.6 cm³/mol. The zero-order valence-electron chi connectivity index (χ0n) is 10.4. The second-order valence-electron chi connectivity index (χ2n) is 4.04. The maximum absolute atomic E-state index is 10.5. The Hall–Kier alpha value is -2.07. The number of halogens is 1. The Balaban J connectivity index is 2.35. The summed E-state index contributed by atoms with van der Waals surface area (Å²) < 4.78 is 1.64. The van der Waals surface area contributed by atoms with Gasteiger partial charge in [-0.3, -0.25) is 4.79 Å². The summed E-state index contributed by atoms with van der Waals surface area (Å²) in [4.78, 5) is 10.5. The van der Waals surface area contributed by atoms with E-state index in [4.69, 9.17) is 16.7 Å². The first-order valence-electron chi connectivity index (χ1n) is 5.78. The third-order valence-corrected chi connectivity index (χ3v) is 2.99. The summed E-state index contributed by atoms with van der Waals surface area (Å²) in [6.45, 7) is 1.84. The molecule has 0 saturated heterocycles. The lowest BCUT2D eigenvalue weighted by molar-refractivity contribution is -0.135. The van der Waals surface area contributed by atoms with Crippen LogP contribution in [-0.4, -0.2) is 20.9 Å². The van der Waals surface area contributed by atoms with Gasteiger partial charge in [0.2, 0.25) is 0 Å². The number of para-hydroxylation sites is 1. The Morgan fingerprint density at radius 2 is 2.11 bits per heavy atom. The average Bonchev–Trinajstić information content (AvgIpc) is 2.67. The van der Waals surface area contributed by atoms with Gasteiger partial charge < -0.3 is 5.11 Å². The zero-order chi connectivity index (χ0) is 13.8. The fourth-order valence-corrected chi connectivity index (χ4v) is 2.05. The number of carboxylic acid groups (broad SMARTS) is 1. The van der Waals surface area contributed by atoms with E-state index >= 15 is 0 Å². The van der Waals surface area contributed by atoms with Crippen LogP contribution >= 0.6 is 11.6 Å². The van der Waals surface area contributed by atoms with E-state index in [1.165, 1.54) is 0 Å². The van der Waals surface area contributed by atoms with Crippen molar-refractivity contribution in [2.45, 2.75) is 13.3 Å². The van der Waals surface area contributed by atoms with Gasteiger partial charge in [-0.15, -0.1) is 0 Å². The molecular formula is C14H13ClN2O2. The van der Waals surface area contributed by atoms with Gasteiger partial charge >= 0.3 is 5.97 Å². The van der Waals surface area contributed by atoms with Crippen molar-refractivity contribution in [1.29, 1.82) is 0 Å². The average molecular weight is 277 g/mol. The van der Waals surface area contributed by atoms with E-state index in [1.807, 2.05) is 37.3 Å². The van der Waals surface area contributed by atoms with Crippen LogP contribution in [0.2, 0.25) is 5.15 Å². The highest BCUT2D eigenvalue weighted by Gasteiger charge is 2.12. The quantitative estimate of drug-likeness (QED) is 0.932. The molecule has 0 bridgehead atoms. The molecule has 98 valence electrons. The number of hydrogen-bond acceptors (Lipinski definition) is 2. The minimum atomic E-state index is -0.875. The lowest BCUT2D eigenvalue weighted by Crippen LogP contribution is -1.95. The predicted octanol–water partition coefficient (Wildman–Crippen LogP) is 3.32. The maximum atomic E-state index is 10.5. The molecule has 0 amide bonds. The molecule has 2 rings (SSSR count). The molecule has 19 heavy (non-hydrogen) atoms. The fourth-order valence-electron chi connectivity index (χ4n) is 1.72. The van der Waals surface area contributed by atoms with Crippen molar-refractivity contribution in [2.24, 2.45) is 0 Å². The van der Waals surface area contributed by atoms with Gasteiger partial charge in [0.25, 0.3) is 0 Å². The molecule has 5 heteroatoms. The summed E-state index contributed by atoms with van der Waals surface area (Å²) in [6.07, 6.45) is 3.22. The molecule has 0 unspecified atom stereocenters. The van der Waals surface area contributed by atoms with Crippen molar-refractivity contribution >= 4 is 23.6 Å². The number of benzene rings is 1. The standard InChI is InChI=1S/C14H13ClN2O2/c1-10-12(8-5-9-13(18)19)14(15)17(16-10)11-6-3-2-4-7-11/h2-8H,9H2,1H3,(H,18,19). The van der Waals surface area contributed by atoms with Crippen LogP contribution in [0.4, 0.5) is 0 Å². The van der Waals surface area contributed by atoms with Gasteiger partial charge in [0.15, 0.2) is 0 Å². The number of rotatable bonds is 4. The Morgan fingerprint density at radius 1 is 1.42 bits per heavy atom. The summed E-state index contributed by atoms with van der Waals surface area (Å²) in [5, 5.41) is 13.4. The van der Waals surface area contributed by atoms with E-state index in [9.17, 15) is 4.79 Å². The normalized spacial score (nSPS) is 11.1. The summed E-state index contributed by atoms with van der Waals surface area (Å²) in [6, 6.07) is 9.54. The van der Waals surface area contributed by atoms with Crippen molar-refractivity contribution in [3.8, 4) is 5.69 Å². The molecule has 1 aromatic carbocycles. The smallest absolute Gasteiger partial charge is 0.307 e. The van der Waals surface area contributed by atoms with Crippen LogP contribution in [0.3, 0.4) is 0 Å². The molecule has 0 atom stereocenters. The first kappa shape index (κ1) is 13.4. The SMILES string of the molecule is Cc1nn(-c2ccccc2)c(Cl)c1C=CCC(=O)O. The van der Waals surface area contributed by atoms with E-state index in [0.717, 1.165) is 16.9 Å². The minimum absolute atomic E-state index is 0.0354. The third-order valence-electron chi connectivity index (χ3n) is 2.63. The van der Waals surface area contributed by atoms with E-state index < -0.39 is 5.97 Å². The fraction of sp³-hybridized carbons (Fsp3) is 0.143. The molecule has 1 aromatic heterocycles. The molecule has 0 fully saturated rings. The molecule has 0 radical (unpaired) electrons. The highest BCUT2D eigenvalue weighted by atomic mass is 35.5. The summed E-state index contributed by atoms with van der Waals surface area (Å²) >= 11 is 6.28. The monoisotopic (exact) mass is 276 g/mol. The van der Waals surface area contributed by atoms with E-state index in [0.29, 0.717) is 5.15 Å². The molecule has 0 spiro atoms. The molecule has 0 aliphatic carbocycles. The van der Waals surface area contributed by atoms with Gasteiger partial charge in [0, 0.05) is 5.56 Å². The first-order chi connectivity index (χ1) is 9.09. The lowest BCUT2D eigenvalue weighted by atomic mass is 10.2. The third kappa shape index (κ3) is 3.03. The van der Waals surface area contributed by atoms with Crippen LogP contribution in [0, 0.1) is 6.92 Å². The minimum Gasteiger partial charge on any atom is -0.481 e. The van der Waals surface area contributed by atoms with Gasteiger partial charge in [-0.2, -0.15) is 5.10 Å². The lowest BCUT2D eigenvalue weighted by Gasteiger charge is -2.01. The Bertz CT molecular complexity index is 618.